The van der Waals surface area contributed by atoms with Gasteiger partial charge in [0.05, 0.1) is 30.3 Å². The third-order valence-electron chi connectivity index (χ3n) is 3.33. The number of rotatable bonds is 6. The molecule has 0 aliphatic rings. The van der Waals surface area contributed by atoms with Gasteiger partial charge in [0.15, 0.2) is 0 Å². The van der Waals surface area contributed by atoms with E-state index >= 15 is 0 Å². The maximum Gasteiger partial charge on any atom is 0.243 e. The minimum Gasteiger partial charge on any atom is -0.347 e. The van der Waals surface area contributed by atoms with Gasteiger partial charge in [0.2, 0.25) is 11.8 Å². The van der Waals surface area contributed by atoms with E-state index in [0.29, 0.717) is 11.4 Å². The SMILES string of the molecule is CC[C@H](C)C(=O)NCC(=O)Nc1ccccc1-n1ccnn1. The molecule has 2 N–H and O–H groups in total. The molecule has 2 rings (SSSR count). The van der Waals surface area contributed by atoms with Gasteiger partial charge < -0.3 is 10.6 Å². The summed E-state index contributed by atoms with van der Waals surface area (Å²) in [6.07, 6.45) is 3.99. The van der Waals surface area contributed by atoms with Crippen LogP contribution in [-0.2, 0) is 9.59 Å². The molecule has 22 heavy (non-hydrogen) atoms. The summed E-state index contributed by atoms with van der Waals surface area (Å²) >= 11 is 0. The molecule has 1 aromatic heterocycles. The summed E-state index contributed by atoms with van der Waals surface area (Å²) < 4.78 is 1.56. The smallest absolute Gasteiger partial charge is 0.243 e. The maximum absolute atomic E-state index is 12.0. The van der Waals surface area contributed by atoms with Gasteiger partial charge in [-0.25, -0.2) is 4.68 Å². The second-order valence-electron chi connectivity index (χ2n) is 4.94. The van der Waals surface area contributed by atoms with E-state index in [1.807, 2.05) is 32.0 Å². The molecule has 0 radical (unpaired) electrons. The van der Waals surface area contributed by atoms with Crippen LogP contribution in [0.5, 0.6) is 0 Å². The molecule has 0 aliphatic heterocycles. The Morgan fingerprint density at radius 1 is 1.32 bits per heavy atom. The molecule has 0 spiro atoms. The van der Waals surface area contributed by atoms with E-state index in [0.717, 1.165) is 6.42 Å². The van der Waals surface area contributed by atoms with Crippen LogP contribution < -0.4 is 10.6 Å². The Bertz CT molecular complexity index is 639. The van der Waals surface area contributed by atoms with Crippen LogP contribution in [0.3, 0.4) is 0 Å². The highest BCUT2D eigenvalue weighted by molar-refractivity contribution is 5.96. The number of para-hydroxylation sites is 2. The molecule has 0 bridgehead atoms. The van der Waals surface area contributed by atoms with Crippen LogP contribution in [0.4, 0.5) is 5.69 Å². The summed E-state index contributed by atoms with van der Waals surface area (Å²) in [5.74, 6) is -0.512. The molecular formula is C15H19N5O2. The zero-order chi connectivity index (χ0) is 15.9. The summed E-state index contributed by atoms with van der Waals surface area (Å²) in [4.78, 5) is 23.6. The lowest BCUT2D eigenvalue weighted by molar-refractivity contribution is -0.126. The first-order valence-electron chi connectivity index (χ1n) is 7.15. The summed E-state index contributed by atoms with van der Waals surface area (Å²) in [5, 5.41) is 13.0. The number of hydrogen-bond acceptors (Lipinski definition) is 4. The molecule has 1 atom stereocenters. The van der Waals surface area contributed by atoms with E-state index in [1.54, 1.807) is 23.1 Å². The van der Waals surface area contributed by atoms with E-state index in [1.165, 1.54) is 0 Å². The van der Waals surface area contributed by atoms with Gasteiger partial charge in [-0.05, 0) is 18.6 Å². The van der Waals surface area contributed by atoms with Crippen LogP contribution in [0, 0.1) is 5.92 Å². The number of nitrogens with one attached hydrogen (secondary N) is 2. The van der Waals surface area contributed by atoms with Crippen molar-refractivity contribution in [2.45, 2.75) is 20.3 Å². The van der Waals surface area contributed by atoms with Gasteiger partial charge in [-0.3, -0.25) is 9.59 Å². The van der Waals surface area contributed by atoms with Crippen molar-refractivity contribution >= 4 is 17.5 Å². The molecule has 7 nitrogen and oxygen atoms in total. The van der Waals surface area contributed by atoms with E-state index in [9.17, 15) is 9.59 Å². The fourth-order valence-corrected chi connectivity index (χ4v) is 1.84. The predicted octanol–water partition coefficient (Wildman–Crippen LogP) is 1.37. The summed E-state index contributed by atoms with van der Waals surface area (Å²) in [5.41, 5.74) is 1.32. The highest BCUT2D eigenvalue weighted by Gasteiger charge is 2.13. The van der Waals surface area contributed by atoms with Crippen LogP contribution >= 0.6 is 0 Å². The van der Waals surface area contributed by atoms with Crippen molar-refractivity contribution in [3.05, 3.63) is 36.7 Å². The highest BCUT2D eigenvalue weighted by atomic mass is 16.2. The Kier molecular flexibility index (Phi) is 5.24. The average molecular weight is 301 g/mol. The Morgan fingerprint density at radius 3 is 2.77 bits per heavy atom. The van der Waals surface area contributed by atoms with E-state index in [2.05, 4.69) is 20.9 Å². The van der Waals surface area contributed by atoms with Crippen molar-refractivity contribution in [3.8, 4) is 5.69 Å². The fraction of sp³-hybridized carbons (Fsp3) is 0.333. The van der Waals surface area contributed by atoms with Gasteiger partial charge in [-0.1, -0.05) is 31.2 Å². The van der Waals surface area contributed by atoms with Crippen LogP contribution in [0.2, 0.25) is 0 Å². The van der Waals surface area contributed by atoms with Gasteiger partial charge in [0.25, 0.3) is 0 Å². The van der Waals surface area contributed by atoms with Gasteiger partial charge >= 0.3 is 0 Å². The first-order chi connectivity index (χ1) is 10.6. The number of nitrogens with zero attached hydrogens (tertiary/aromatic N) is 3. The van der Waals surface area contributed by atoms with Gasteiger partial charge in [-0.2, -0.15) is 0 Å². The summed E-state index contributed by atoms with van der Waals surface area (Å²) in [6, 6.07) is 7.25. The third-order valence-corrected chi connectivity index (χ3v) is 3.33. The average Bonchev–Trinajstić information content (AvgIpc) is 3.06. The molecule has 0 unspecified atom stereocenters. The zero-order valence-electron chi connectivity index (χ0n) is 12.6. The van der Waals surface area contributed by atoms with Crippen molar-refractivity contribution in [1.29, 1.82) is 0 Å². The molecule has 0 saturated carbocycles. The fourth-order valence-electron chi connectivity index (χ4n) is 1.84. The van der Waals surface area contributed by atoms with E-state index in [-0.39, 0.29) is 24.3 Å². The van der Waals surface area contributed by atoms with Crippen LogP contribution in [0.1, 0.15) is 20.3 Å². The Morgan fingerprint density at radius 2 is 2.09 bits per heavy atom. The lowest BCUT2D eigenvalue weighted by Gasteiger charge is -2.12. The predicted molar refractivity (Wildman–Crippen MR) is 82.5 cm³/mol. The number of amides is 2. The molecule has 7 heteroatoms. The first-order valence-corrected chi connectivity index (χ1v) is 7.15. The molecule has 1 aromatic carbocycles. The second kappa shape index (κ2) is 7.35. The topological polar surface area (TPSA) is 88.9 Å². The number of benzene rings is 1. The quantitative estimate of drug-likeness (QED) is 0.843. The van der Waals surface area contributed by atoms with Crippen molar-refractivity contribution in [3.63, 3.8) is 0 Å². The van der Waals surface area contributed by atoms with Gasteiger partial charge in [-0.15, -0.1) is 5.10 Å². The molecule has 2 amide bonds. The normalized spacial score (nSPS) is 11.7. The molecule has 0 aliphatic carbocycles. The van der Waals surface area contributed by atoms with Gasteiger partial charge in [0, 0.05) is 5.92 Å². The largest absolute Gasteiger partial charge is 0.347 e. The minimum absolute atomic E-state index is 0.0607. The zero-order valence-corrected chi connectivity index (χ0v) is 12.6. The van der Waals surface area contributed by atoms with Crippen molar-refractivity contribution < 1.29 is 9.59 Å². The molecular weight excluding hydrogens is 282 g/mol. The molecule has 0 saturated heterocycles. The van der Waals surface area contributed by atoms with Gasteiger partial charge in [0.1, 0.15) is 0 Å². The van der Waals surface area contributed by atoms with Crippen molar-refractivity contribution in [2.24, 2.45) is 5.92 Å². The monoisotopic (exact) mass is 301 g/mol. The van der Waals surface area contributed by atoms with Crippen molar-refractivity contribution in [2.75, 3.05) is 11.9 Å². The molecule has 116 valence electrons. The molecule has 1 heterocycles. The Balaban J connectivity index is 1.99. The summed E-state index contributed by atoms with van der Waals surface area (Å²) in [6.45, 7) is 3.70. The van der Waals surface area contributed by atoms with Crippen LogP contribution in [0.15, 0.2) is 36.7 Å². The molecule has 0 fully saturated rings. The van der Waals surface area contributed by atoms with Crippen LogP contribution in [0.25, 0.3) is 5.69 Å². The minimum atomic E-state index is -0.288. The number of anilines is 1. The number of carbonyl (C=O) groups is 2. The van der Waals surface area contributed by atoms with E-state index in [4.69, 9.17) is 0 Å². The number of aromatic nitrogens is 3. The van der Waals surface area contributed by atoms with Crippen molar-refractivity contribution in [1.82, 2.24) is 20.3 Å². The number of carbonyl (C=O) groups excluding carboxylic acids is 2. The standard InChI is InChI=1S/C15H19N5O2/c1-3-11(2)15(22)16-10-14(21)18-12-6-4-5-7-13(12)20-9-8-17-19-20/h4-9,11H,3,10H2,1-2H3,(H,16,22)(H,18,21)/t11-/m0/s1. The lowest BCUT2D eigenvalue weighted by Crippen LogP contribution is -2.36. The Labute approximate surface area is 128 Å². The lowest BCUT2D eigenvalue weighted by atomic mass is 10.1. The second-order valence-corrected chi connectivity index (χ2v) is 4.94. The third kappa shape index (κ3) is 3.91. The first kappa shape index (κ1) is 15.7. The Hall–Kier alpha value is -2.70. The number of hydrogen-bond donors (Lipinski definition) is 2. The van der Waals surface area contributed by atoms with E-state index < -0.39 is 0 Å². The maximum atomic E-state index is 12.0. The highest BCUT2D eigenvalue weighted by Crippen LogP contribution is 2.18. The van der Waals surface area contributed by atoms with Crippen LogP contribution in [-0.4, -0.2) is 33.4 Å². The molecule has 2 aromatic rings. The summed E-state index contributed by atoms with van der Waals surface area (Å²) in [7, 11) is 0.